The van der Waals surface area contributed by atoms with Gasteiger partial charge in [-0.3, -0.25) is 0 Å². The molecular formula is C49H54N2O2SiTi-2. The molecule has 0 spiro atoms. The van der Waals surface area contributed by atoms with Crippen molar-refractivity contribution in [3.63, 3.8) is 0 Å². The molecule has 0 fully saturated rings. The van der Waals surface area contributed by atoms with E-state index < -0.39 is 0 Å². The fraction of sp³-hybridized carbons (Fsp3) is 0.184. The molecule has 0 atom stereocenters. The molecule has 0 aliphatic heterocycles. The van der Waals surface area contributed by atoms with Gasteiger partial charge >= 0.3 is 67.4 Å². The van der Waals surface area contributed by atoms with Crippen molar-refractivity contribution >= 4 is 44.3 Å². The summed E-state index contributed by atoms with van der Waals surface area (Å²) < 4.78 is 0. The van der Waals surface area contributed by atoms with Gasteiger partial charge in [0.25, 0.3) is 0 Å². The summed E-state index contributed by atoms with van der Waals surface area (Å²) in [7, 11) is 8.26. The first-order valence-electron chi connectivity index (χ1n) is 18.2. The van der Waals surface area contributed by atoms with E-state index in [2.05, 4.69) is 230 Å². The predicted octanol–water partition coefficient (Wildman–Crippen LogP) is 10.0. The predicted molar refractivity (Wildman–Crippen MR) is 235 cm³/mol. The molecule has 0 aromatic heterocycles. The van der Waals surface area contributed by atoms with Crippen molar-refractivity contribution in [1.82, 2.24) is 0 Å². The molecule has 0 saturated heterocycles. The van der Waals surface area contributed by atoms with E-state index in [1.807, 2.05) is 0 Å². The average molecular weight is 779 g/mol. The van der Waals surface area contributed by atoms with Crippen LogP contribution in [0.1, 0.15) is 25.0 Å². The van der Waals surface area contributed by atoms with Crippen LogP contribution in [0.2, 0.25) is 6.55 Å². The Bertz CT molecular complexity index is 2130. The monoisotopic (exact) mass is 778 g/mol. The first-order valence-corrected chi connectivity index (χ1v) is 22.5. The van der Waals surface area contributed by atoms with E-state index in [1.165, 1.54) is 85.3 Å². The van der Waals surface area contributed by atoms with E-state index >= 15 is 0 Å². The van der Waals surface area contributed by atoms with Gasteiger partial charge in [-0.05, 0) is 35.4 Å². The third kappa shape index (κ3) is 14.3. The van der Waals surface area contributed by atoms with Gasteiger partial charge in [-0.15, -0.1) is 93.7 Å². The van der Waals surface area contributed by atoms with Gasteiger partial charge in [0.15, 0.2) is 0 Å². The van der Waals surface area contributed by atoms with Crippen LogP contribution < -0.4 is 25.2 Å². The summed E-state index contributed by atoms with van der Waals surface area (Å²) in [6.07, 6.45) is -0.212. The van der Waals surface area contributed by atoms with E-state index in [1.54, 1.807) is 0 Å². The van der Waals surface area contributed by atoms with Crippen LogP contribution >= 0.6 is 0 Å². The molecule has 0 N–H and O–H groups in total. The Kier molecular flexibility index (Phi) is 17.5. The van der Waals surface area contributed by atoms with Crippen LogP contribution in [0.15, 0.2) is 164 Å². The van der Waals surface area contributed by atoms with Crippen molar-refractivity contribution in [2.75, 3.05) is 38.0 Å². The number of hydrogen-bond acceptors (Lipinski definition) is 4. The SMILES string of the molecule is C=C(C)[O-].C=C(C)[O-].C[Si](=[Ti+2])c1ccccc1.Cc1cc2c(-c3ccc(N(C)C)cc3)cccc2[cH-]1.Cc1cc2c(-c3ccc(N(C)C)cc3)cccc2[cH-]1. The number of nitrogens with zero attached hydrogens (tertiary/aromatic N) is 2. The summed E-state index contributed by atoms with van der Waals surface area (Å²) in [5.41, 5.74) is 10.3. The van der Waals surface area contributed by atoms with E-state index in [4.69, 9.17) is 0 Å². The second kappa shape index (κ2) is 21.7. The summed E-state index contributed by atoms with van der Waals surface area (Å²) >= 11 is 2.31. The molecule has 0 saturated carbocycles. The maximum Gasteiger partial charge on any atom is 0.0361 e. The van der Waals surface area contributed by atoms with Crippen LogP contribution in [0, 0.1) is 13.8 Å². The van der Waals surface area contributed by atoms with Crippen LogP contribution in [-0.4, -0.2) is 34.4 Å². The largest absolute Gasteiger partial charge is 0.378 e. The van der Waals surface area contributed by atoms with Crippen molar-refractivity contribution in [1.29, 1.82) is 0 Å². The fourth-order valence-electron chi connectivity index (χ4n) is 5.84. The fourth-order valence-corrected chi connectivity index (χ4v) is 7.31. The quantitative estimate of drug-likeness (QED) is 0.0993. The smallest absolute Gasteiger partial charge is 0.0361 e. The van der Waals surface area contributed by atoms with Gasteiger partial charge in [-0.25, -0.2) is 0 Å². The first-order chi connectivity index (χ1) is 26.1. The molecule has 0 radical (unpaired) electrons. The normalized spacial score (nSPS) is 9.95. The van der Waals surface area contributed by atoms with Gasteiger partial charge in [0.2, 0.25) is 0 Å². The standard InChI is InChI=1S/2C18H18N.C7H8Si.2C3H6O.Ti/c2*1-13-11-15-5-4-6-17(18(15)12-13)14-7-9-16(10-8-14)19(2)3;1-8-7-5-3-2-4-6-7;2*1-3(2)4;/h2*4-12H,1-3H3;2-6H,1H3;2*4H,1H2,2H3;/q2*-1;;;;+2/p-2. The van der Waals surface area contributed by atoms with E-state index in [0.717, 1.165) is 0 Å². The van der Waals surface area contributed by atoms with Gasteiger partial charge in [0.1, 0.15) is 0 Å². The van der Waals surface area contributed by atoms with Crippen LogP contribution in [-0.2, 0) is 19.2 Å². The molecule has 0 aliphatic rings. The Hall–Kier alpha value is -5.07. The van der Waals surface area contributed by atoms with Gasteiger partial charge in [0.05, 0.1) is 0 Å². The van der Waals surface area contributed by atoms with E-state index in [0.29, 0.717) is 0 Å². The number of allylic oxidation sites excluding steroid dienone is 2. The second-order valence-corrected chi connectivity index (χ2v) is 19.3. The molecule has 7 aromatic rings. The van der Waals surface area contributed by atoms with Gasteiger partial charge in [-0.2, -0.15) is 12.1 Å². The first kappa shape index (κ1) is 44.3. The van der Waals surface area contributed by atoms with Gasteiger partial charge in [-0.1, -0.05) is 75.2 Å². The Labute approximate surface area is 341 Å². The van der Waals surface area contributed by atoms with Crippen LogP contribution in [0.4, 0.5) is 11.4 Å². The number of aryl methyl sites for hydroxylation is 2. The molecule has 0 bridgehead atoms. The van der Waals surface area contributed by atoms with Crippen molar-refractivity contribution in [2.45, 2.75) is 34.2 Å². The zero-order chi connectivity index (χ0) is 40.7. The maximum absolute atomic E-state index is 9.33. The molecule has 7 rings (SSSR count). The summed E-state index contributed by atoms with van der Waals surface area (Å²) in [5.74, 6) is -0.167. The molecule has 0 amide bonds. The summed E-state index contributed by atoms with van der Waals surface area (Å²) in [6, 6.07) is 50.2. The van der Waals surface area contributed by atoms with Crippen LogP contribution in [0.5, 0.6) is 0 Å². The second-order valence-electron chi connectivity index (χ2n) is 14.0. The summed E-state index contributed by atoms with van der Waals surface area (Å²) in [5, 5.41) is 25.5. The van der Waals surface area contributed by atoms with Crippen molar-refractivity contribution in [3.8, 4) is 22.3 Å². The maximum atomic E-state index is 9.33. The third-order valence-corrected chi connectivity index (χ3v) is 10.9. The zero-order valence-corrected chi connectivity index (χ0v) is 36.5. The number of benzene rings is 5. The minimum Gasteiger partial charge on any atom is -0.378 e. The minimum atomic E-state index is -0.212. The Morgan fingerprint density at radius 2 is 0.909 bits per heavy atom. The van der Waals surface area contributed by atoms with Gasteiger partial charge < -0.3 is 20.0 Å². The molecule has 6 heteroatoms. The zero-order valence-electron chi connectivity index (χ0n) is 33.9. The minimum absolute atomic E-state index is 0.0833. The topological polar surface area (TPSA) is 52.6 Å². The number of rotatable bonds is 5. The van der Waals surface area contributed by atoms with Gasteiger partial charge in [0, 0.05) is 39.6 Å². The number of fused-ring (bicyclic) bond motifs is 2. The molecule has 0 unspecified atom stereocenters. The number of anilines is 2. The Balaban J connectivity index is 0.000000211. The molecule has 282 valence electrons. The third-order valence-electron chi connectivity index (χ3n) is 8.39. The Morgan fingerprint density at radius 1 is 0.564 bits per heavy atom. The Morgan fingerprint density at radius 3 is 1.20 bits per heavy atom. The van der Waals surface area contributed by atoms with Crippen molar-refractivity contribution < 1.29 is 29.4 Å². The van der Waals surface area contributed by atoms with Crippen molar-refractivity contribution in [2.24, 2.45) is 0 Å². The summed E-state index contributed by atoms with van der Waals surface area (Å²) in [6.45, 7) is 15.4. The molecule has 4 nitrogen and oxygen atoms in total. The molecule has 0 aliphatic carbocycles. The van der Waals surface area contributed by atoms with Crippen molar-refractivity contribution in [3.05, 3.63) is 175 Å². The number of hydrogen-bond donors (Lipinski definition) is 0. The van der Waals surface area contributed by atoms with Crippen LogP contribution in [0.25, 0.3) is 43.8 Å². The molecule has 55 heavy (non-hydrogen) atoms. The van der Waals surface area contributed by atoms with Crippen LogP contribution in [0.3, 0.4) is 0 Å². The van der Waals surface area contributed by atoms with E-state index in [9.17, 15) is 10.2 Å². The molecular weight excluding hydrogens is 725 g/mol. The summed E-state index contributed by atoms with van der Waals surface area (Å²) in [4.78, 5) is 4.24. The molecule has 0 heterocycles. The average Bonchev–Trinajstić information content (AvgIpc) is 3.73. The van der Waals surface area contributed by atoms with E-state index in [-0.39, 0.29) is 17.7 Å². The molecule has 7 aromatic carbocycles.